The molecule has 0 spiro atoms. The van der Waals surface area contributed by atoms with E-state index in [1.807, 2.05) is 12.1 Å². The van der Waals surface area contributed by atoms with Crippen molar-refractivity contribution < 1.29 is 14.1 Å². The molecular weight excluding hydrogens is 218 g/mol. The second-order valence-electron chi connectivity index (χ2n) is 4.58. The highest BCUT2D eigenvalue weighted by atomic mass is 16.5. The monoisotopic (exact) mass is 239 g/mol. The highest BCUT2D eigenvalue weighted by molar-refractivity contribution is 5.49. The van der Waals surface area contributed by atoms with Crippen LogP contribution in [-0.2, 0) is 13.0 Å². The summed E-state index contributed by atoms with van der Waals surface area (Å²) in [4.78, 5) is 0. The molecule has 1 rings (SSSR count). The lowest BCUT2D eigenvalue weighted by atomic mass is 10.1. The third-order valence-corrected chi connectivity index (χ3v) is 2.57. The van der Waals surface area contributed by atoms with Crippen LogP contribution in [0.15, 0.2) is 12.1 Å². The van der Waals surface area contributed by atoms with Gasteiger partial charge in [0.05, 0.1) is 33.9 Å². The third-order valence-electron chi connectivity index (χ3n) is 2.57. The first-order valence-corrected chi connectivity index (χ1v) is 5.69. The highest BCUT2D eigenvalue weighted by Crippen LogP contribution is 2.34. The molecule has 0 fully saturated rings. The lowest BCUT2D eigenvalue weighted by molar-refractivity contribution is -0.853. The predicted octanol–water partition coefficient (Wildman–Crippen LogP) is 2.34. The van der Waals surface area contributed by atoms with Crippen molar-refractivity contribution in [1.29, 1.82) is 0 Å². The van der Waals surface area contributed by atoms with Gasteiger partial charge in [0.15, 0.2) is 11.5 Å². The van der Waals surface area contributed by atoms with Crippen LogP contribution >= 0.6 is 0 Å². The van der Waals surface area contributed by atoms with Crippen molar-refractivity contribution in [3.8, 4) is 11.5 Å². The molecule has 0 aliphatic rings. The van der Waals surface area contributed by atoms with Gasteiger partial charge in [0, 0.05) is 0 Å². The number of aryl methyl sites for hydroxylation is 1. The number of hydrogen-bond donors (Lipinski definition) is 0. The van der Waals surface area contributed by atoms with Crippen LogP contribution in [0.1, 0.15) is 18.1 Å². The lowest BCUT2D eigenvalue weighted by Crippen LogP contribution is -2.31. The average Bonchev–Trinajstić information content (AvgIpc) is 2.25. The van der Waals surface area contributed by atoms with Crippen molar-refractivity contribution in [3.63, 3.8) is 0 Å². The van der Waals surface area contributed by atoms with Crippen LogP contribution in [0.5, 0.6) is 11.5 Å². The lowest BCUT2D eigenvalue weighted by Gasteiger charge is -2.34. The Morgan fingerprint density at radius 3 is 2.24 bits per heavy atom. The van der Waals surface area contributed by atoms with Crippen molar-refractivity contribution in [2.24, 2.45) is 0 Å². The first-order valence-electron chi connectivity index (χ1n) is 5.69. The van der Waals surface area contributed by atoms with Crippen molar-refractivity contribution >= 4 is 0 Å². The second kappa shape index (κ2) is 5.38. The molecule has 1 aromatic rings. The molecular formula is C13H21NO3. The first kappa shape index (κ1) is 13.8. The molecule has 0 atom stereocenters. The topological polar surface area (TPSA) is 41.5 Å². The molecule has 0 bridgehead atoms. The fourth-order valence-corrected chi connectivity index (χ4v) is 1.84. The second-order valence-corrected chi connectivity index (χ2v) is 4.58. The summed E-state index contributed by atoms with van der Waals surface area (Å²) < 4.78 is 10.3. The molecule has 4 heteroatoms. The van der Waals surface area contributed by atoms with Crippen LogP contribution in [-0.4, -0.2) is 33.0 Å². The van der Waals surface area contributed by atoms with Crippen LogP contribution in [0.4, 0.5) is 0 Å². The summed E-state index contributed by atoms with van der Waals surface area (Å²) in [6.07, 6.45) is 0.902. The quantitative estimate of drug-likeness (QED) is 0.585. The van der Waals surface area contributed by atoms with Crippen LogP contribution < -0.4 is 9.47 Å². The number of hydroxylamine groups is 3. The molecule has 0 N–H and O–H groups in total. The normalized spacial score (nSPS) is 11.4. The fraction of sp³-hybridized carbons (Fsp3) is 0.538. The number of quaternary nitrogens is 1. The zero-order chi connectivity index (χ0) is 13.1. The Hall–Kier alpha value is -1.26. The number of benzene rings is 1. The van der Waals surface area contributed by atoms with E-state index >= 15 is 0 Å². The standard InChI is InChI=1S/C13H21NO3/c1-6-10-7-11(9-14(2,3)15)13(17-5)12(8-10)16-4/h7-8H,6,9H2,1-5H3. The van der Waals surface area contributed by atoms with E-state index in [4.69, 9.17) is 9.47 Å². The maximum atomic E-state index is 11.8. The molecule has 0 heterocycles. The summed E-state index contributed by atoms with van der Waals surface area (Å²) in [5.41, 5.74) is 2.04. The summed E-state index contributed by atoms with van der Waals surface area (Å²) in [6.45, 7) is 2.44. The van der Waals surface area contributed by atoms with Crippen LogP contribution in [0.2, 0.25) is 0 Å². The summed E-state index contributed by atoms with van der Waals surface area (Å²) in [5, 5.41) is 11.8. The van der Waals surface area contributed by atoms with E-state index in [9.17, 15) is 5.21 Å². The average molecular weight is 239 g/mol. The fourth-order valence-electron chi connectivity index (χ4n) is 1.84. The zero-order valence-corrected chi connectivity index (χ0v) is 11.2. The van der Waals surface area contributed by atoms with Crippen LogP contribution in [0.3, 0.4) is 0 Å². The number of rotatable bonds is 5. The van der Waals surface area contributed by atoms with Gasteiger partial charge in [-0.3, -0.25) is 0 Å². The molecule has 0 saturated carbocycles. The van der Waals surface area contributed by atoms with Crippen molar-refractivity contribution in [2.75, 3.05) is 28.3 Å². The van der Waals surface area contributed by atoms with Crippen molar-refractivity contribution in [2.45, 2.75) is 19.9 Å². The summed E-state index contributed by atoms with van der Waals surface area (Å²) in [6, 6.07) is 3.96. The minimum Gasteiger partial charge on any atom is -0.633 e. The number of ether oxygens (including phenoxy) is 2. The minimum atomic E-state index is -0.382. The molecule has 4 nitrogen and oxygen atoms in total. The van der Waals surface area contributed by atoms with Gasteiger partial charge in [-0.15, -0.1) is 0 Å². The molecule has 0 unspecified atom stereocenters. The molecule has 17 heavy (non-hydrogen) atoms. The number of nitrogens with zero attached hydrogens (tertiary/aromatic N) is 1. The molecule has 96 valence electrons. The van der Waals surface area contributed by atoms with E-state index in [2.05, 4.69) is 6.92 Å². The van der Waals surface area contributed by atoms with E-state index in [1.54, 1.807) is 28.3 Å². The maximum absolute atomic E-state index is 11.8. The van der Waals surface area contributed by atoms with Gasteiger partial charge in [-0.25, -0.2) is 0 Å². The van der Waals surface area contributed by atoms with Gasteiger partial charge in [-0.2, -0.15) is 0 Å². The Bertz CT molecular complexity index is 383. The van der Waals surface area contributed by atoms with E-state index in [-0.39, 0.29) is 4.65 Å². The van der Waals surface area contributed by atoms with Gasteiger partial charge in [-0.05, 0) is 24.1 Å². The van der Waals surface area contributed by atoms with E-state index < -0.39 is 0 Å². The molecule has 1 aromatic carbocycles. The van der Waals surface area contributed by atoms with Gasteiger partial charge in [-0.1, -0.05) is 6.92 Å². The molecule has 0 aliphatic carbocycles. The largest absolute Gasteiger partial charge is 0.633 e. The van der Waals surface area contributed by atoms with Gasteiger partial charge in [0.1, 0.15) is 6.54 Å². The third kappa shape index (κ3) is 3.61. The van der Waals surface area contributed by atoms with Gasteiger partial charge >= 0.3 is 0 Å². The van der Waals surface area contributed by atoms with Crippen molar-refractivity contribution in [1.82, 2.24) is 0 Å². The Morgan fingerprint density at radius 1 is 1.18 bits per heavy atom. The number of hydrogen-bond acceptors (Lipinski definition) is 3. The van der Waals surface area contributed by atoms with Crippen LogP contribution in [0, 0.1) is 5.21 Å². The Kier molecular flexibility index (Phi) is 4.37. The molecule has 0 aliphatic heterocycles. The molecule has 0 amide bonds. The summed E-state index contributed by atoms with van der Waals surface area (Å²) in [5.74, 6) is 1.35. The Morgan fingerprint density at radius 2 is 1.82 bits per heavy atom. The van der Waals surface area contributed by atoms with Crippen LogP contribution in [0.25, 0.3) is 0 Å². The first-order chi connectivity index (χ1) is 7.91. The van der Waals surface area contributed by atoms with Gasteiger partial charge < -0.3 is 19.3 Å². The smallest absolute Gasteiger partial charge is 0.169 e. The van der Waals surface area contributed by atoms with E-state index in [0.717, 1.165) is 17.5 Å². The van der Waals surface area contributed by atoms with Gasteiger partial charge in [0.2, 0.25) is 0 Å². The Labute approximate surface area is 103 Å². The highest BCUT2D eigenvalue weighted by Gasteiger charge is 2.16. The molecule has 0 aromatic heterocycles. The van der Waals surface area contributed by atoms with Crippen molar-refractivity contribution in [3.05, 3.63) is 28.5 Å². The number of methoxy groups -OCH3 is 2. The SMILES string of the molecule is CCc1cc(C[N+](C)(C)[O-])c(OC)c(OC)c1. The van der Waals surface area contributed by atoms with Gasteiger partial charge in [0.25, 0.3) is 0 Å². The summed E-state index contributed by atoms with van der Waals surface area (Å²) >= 11 is 0. The minimum absolute atomic E-state index is 0.368. The molecule has 0 saturated heterocycles. The zero-order valence-electron chi connectivity index (χ0n) is 11.2. The van der Waals surface area contributed by atoms with E-state index in [0.29, 0.717) is 18.0 Å². The van der Waals surface area contributed by atoms with E-state index in [1.165, 1.54) is 0 Å². The predicted molar refractivity (Wildman–Crippen MR) is 68.1 cm³/mol. The maximum Gasteiger partial charge on any atom is 0.169 e. The summed E-state index contributed by atoms with van der Waals surface area (Å²) in [7, 11) is 6.44. The molecule has 0 radical (unpaired) electrons. The Balaban J connectivity index is 3.24.